The van der Waals surface area contributed by atoms with Gasteiger partial charge in [0.1, 0.15) is 5.82 Å². The second kappa shape index (κ2) is 5.40. The number of aromatic nitrogens is 1. The summed E-state index contributed by atoms with van der Waals surface area (Å²) >= 11 is 0. The molecule has 5 nitrogen and oxygen atoms in total. The Hall–Kier alpha value is -1.62. The second-order valence-corrected chi connectivity index (χ2v) is 6.07. The van der Waals surface area contributed by atoms with Gasteiger partial charge in [0.05, 0.1) is 0 Å². The van der Waals surface area contributed by atoms with Gasteiger partial charge in [0.25, 0.3) is 5.91 Å². The summed E-state index contributed by atoms with van der Waals surface area (Å²) in [4.78, 5) is 18.5. The van der Waals surface area contributed by atoms with Crippen molar-refractivity contribution in [2.45, 2.75) is 38.5 Å². The Morgan fingerprint density at radius 3 is 2.60 bits per heavy atom. The van der Waals surface area contributed by atoms with Crippen molar-refractivity contribution in [3.8, 4) is 0 Å². The molecule has 1 amide bonds. The molecular formula is C15H22N4O. The maximum Gasteiger partial charge on any atom is 0.254 e. The van der Waals surface area contributed by atoms with Gasteiger partial charge in [-0.2, -0.15) is 0 Å². The summed E-state index contributed by atoms with van der Waals surface area (Å²) in [5.41, 5.74) is 3.69. The number of amides is 1. The molecule has 1 aromatic rings. The number of nitrogens with two attached hydrogens (primary N) is 1. The van der Waals surface area contributed by atoms with Crippen LogP contribution in [0.15, 0.2) is 18.3 Å². The van der Waals surface area contributed by atoms with E-state index in [1.807, 2.05) is 4.90 Å². The van der Waals surface area contributed by atoms with Gasteiger partial charge in [-0.15, -0.1) is 0 Å². The van der Waals surface area contributed by atoms with Gasteiger partial charge in [0.15, 0.2) is 0 Å². The zero-order valence-corrected chi connectivity index (χ0v) is 11.8. The molecule has 1 spiro atoms. The Labute approximate surface area is 119 Å². The van der Waals surface area contributed by atoms with E-state index in [1.54, 1.807) is 18.3 Å². The van der Waals surface area contributed by atoms with Crippen molar-refractivity contribution in [1.29, 1.82) is 0 Å². The van der Waals surface area contributed by atoms with E-state index in [4.69, 9.17) is 5.84 Å². The molecule has 1 saturated carbocycles. The molecule has 108 valence electrons. The summed E-state index contributed by atoms with van der Waals surface area (Å²) in [5.74, 6) is 5.96. The van der Waals surface area contributed by atoms with Crippen molar-refractivity contribution in [3.05, 3.63) is 23.9 Å². The molecule has 3 rings (SSSR count). The number of piperidine rings is 1. The van der Waals surface area contributed by atoms with Crippen LogP contribution in [-0.2, 0) is 0 Å². The number of nitrogen functional groups attached to an aromatic ring is 1. The molecule has 0 atom stereocenters. The van der Waals surface area contributed by atoms with E-state index in [-0.39, 0.29) is 5.91 Å². The summed E-state index contributed by atoms with van der Waals surface area (Å²) in [6.45, 7) is 1.76. The predicted octanol–water partition coefficient (Wildman–Crippen LogP) is 2.16. The van der Waals surface area contributed by atoms with Crippen LogP contribution in [0.2, 0.25) is 0 Å². The van der Waals surface area contributed by atoms with Crippen LogP contribution in [0.25, 0.3) is 0 Å². The normalized spacial score (nSPS) is 21.1. The van der Waals surface area contributed by atoms with E-state index in [0.29, 0.717) is 16.8 Å². The summed E-state index contributed by atoms with van der Waals surface area (Å²) in [7, 11) is 0. The first-order valence-corrected chi connectivity index (χ1v) is 7.44. The fraction of sp³-hybridized carbons (Fsp3) is 0.600. The van der Waals surface area contributed by atoms with Gasteiger partial charge in [0.2, 0.25) is 0 Å². The molecule has 0 unspecified atom stereocenters. The van der Waals surface area contributed by atoms with Crippen molar-refractivity contribution in [3.63, 3.8) is 0 Å². The van der Waals surface area contributed by atoms with Crippen molar-refractivity contribution in [2.24, 2.45) is 11.3 Å². The number of hydrogen-bond acceptors (Lipinski definition) is 4. The summed E-state index contributed by atoms with van der Waals surface area (Å²) < 4.78 is 0. The smallest absolute Gasteiger partial charge is 0.254 e. The number of carbonyl (C=O) groups excluding carboxylic acids is 1. The first-order chi connectivity index (χ1) is 9.72. The minimum absolute atomic E-state index is 0.0942. The number of rotatable bonds is 2. The molecule has 20 heavy (non-hydrogen) atoms. The standard InChI is InChI=1S/C15H22N4O/c16-18-13-11-12(3-8-17-13)14(20)19-9-6-15(7-10-19)4-1-2-5-15/h3,8,11H,1-2,4-7,9-10,16H2,(H,17,18). The Kier molecular flexibility index (Phi) is 3.61. The number of anilines is 1. The van der Waals surface area contributed by atoms with Crippen LogP contribution < -0.4 is 11.3 Å². The van der Waals surface area contributed by atoms with Gasteiger partial charge in [0, 0.05) is 24.8 Å². The molecular weight excluding hydrogens is 252 g/mol. The van der Waals surface area contributed by atoms with Gasteiger partial charge < -0.3 is 10.3 Å². The zero-order chi connectivity index (χ0) is 14.0. The molecule has 0 aromatic carbocycles. The molecule has 1 saturated heterocycles. The van der Waals surface area contributed by atoms with E-state index in [0.717, 1.165) is 25.9 Å². The maximum absolute atomic E-state index is 12.5. The first-order valence-electron chi connectivity index (χ1n) is 7.44. The monoisotopic (exact) mass is 274 g/mol. The highest BCUT2D eigenvalue weighted by Crippen LogP contribution is 2.46. The lowest BCUT2D eigenvalue weighted by Crippen LogP contribution is -2.42. The van der Waals surface area contributed by atoms with E-state index >= 15 is 0 Å². The van der Waals surface area contributed by atoms with Crippen LogP contribution in [-0.4, -0.2) is 28.9 Å². The minimum atomic E-state index is 0.0942. The molecule has 1 aliphatic heterocycles. The molecule has 1 aromatic heterocycles. The van der Waals surface area contributed by atoms with E-state index in [9.17, 15) is 4.79 Å². The van der Waals surface area contributed by atoms with Gasteiger partial charge >= 0.3 is 0 Å². The quantitative estimate of drug-likeness (QED) is 0.640. The molecule has 1 aliphatic carbocycles. The van der Waals surface area contributed by atoms with Crippen LogP contribution in [0.5, 0.6) is 0 Å². The Morgan fingerprint density at radius 2 is 1.95 bits per heavy atom. The third-order valence-corrected chi connectivity index (χ3v) is 4.93. The van der Waals surface area contributed by atoms with Gasteiger partial charge in [-0.05, 0) is 43.2 Å². The number of carbonyl (C=O) groups is 1. The highest BCUT2D eigenvalue weighted by atomic mass is 16.2. The van der Waals surface area contributed by atoms with Gasteiger partial charge in [-0.3, -0.25) is 4.79 Å². The maximum atomic E-state index is 12.5. The SMILES string of the molecule is NNc1cc(C(=O)N2CCC3(CCCC3)CC2)ccn1. The van der Waals surface area contributed by atoms with Crippen LogP contribution in [0.3, 0.4) is 0 Å². The van der Waals surface area contributed by atoms with Crippen LogP contribution in [0, 0.1) is 5.41 Å². The van der Waals surface area contributed by atoms with Crippen molar-refractivity contribution >= 4 is 11.7 Å². The molecule has 2 heterocycles. The molecule has 3 N–H and O–H groups in total. The average Bonchev–Trinajstić information content (AvgIpc) is 2.96. The Balaban J connectivity index is 1.66. The topological polar surface area (TPSA) is 71.2 Å². The van der Waals surface area contributed by atoms with Gasteiger partial charge in [-0.1, -0.05) is 12.8 Å². The minimum Gasteiger partial charge on any atom is -0.339 e. The number of pyridine rings is 1. The van der Waals surface area contributed by atoms with Crippen molar-refractivity contribution in [1.82, 2.24) is 9.88 Å². The Morgan fingerprint density at radius 1 is 1.25 bits per heavy atom. The summed E-state index contributed by atoms with van der Waals surface area (Å²) in [6, 6.07) is 3.46. The number of nitrogens with zero attached hydrogens (tertiary/aromatic N) is 2. The first kappa shape index (κ1) is 13.4. The number of likely N-dealkylation sites (tertiary alicyclic amines) is 1. The zero-order valence-electron chi connectivity index (χ0n) is 11.8. The van der Waals surface area contributed by atoms with E-state index in [1.165, 1.54) is 25.7 Å². The van der Waals surface area contributed by atoms with Crippen LogP contribution in [0.4, 0.5) is 5.82 Å². The van der Waals surface area contributed by atoms with Crippen LogP contribution in [0.1, 0.15) is 48.9 Å². The highest BCUT2D eigenvalue weighted by Gasteiger charge is 2.38. The fourth-order valence-corrected chi connectivity index (χ4v) is 3.63. The number of nitrogens with one attached hydrogen (secondary N) is 1. The predicted molar refractivity (Wildman–Crippen MR) is 78.1 cm³/mol. The summed E-state index contributed by atoms with van der Waals surface area (Å²) in [6.07, 6.45) is 9.37. The van der Waals surface area contributed by atoms with Crippen molar-refractivity contribution in [2.75, 3.05) is 18.5 Å². The lowest BCUT2D eigenvalue weighted by Gasteiger charge is -2.39. The van der Waals surface area contributed by atoms with Crippen molar-refractivity contribution < 1.29 is 4.79 Å². The van der Waals surface area contributed by atoms with E-state index in [2.05, 4.69) is 10.4 Å². The largest absolute Gasteiger partial charge is 0.339 e. The molecule has 0 radical (unpaired) electrons. The molecule has 2 aliphatic rings. The molecule has 2 fully saturated rings. The lowest BCUT2D eigenvalue weighted by atomic mass is 9.77. The highest BCUT2D eigenvalue weighted by molar-refractivity contribution is 5.94. The molecule has 0 bridgehead atoms. The van der Waals surface area contributed by atoms with Crippen LogP contribution >= 0.6 is 0 Å². The average molecular weight is 274 g/mol. The number of hydrazine groups is 1. The summed E-state index contributed by atoms with van der Waals surface area (Å²) in [5, 5.41) is 0. The number of hydrogen-bond donors (Lipinski definition) is 2. The Bertz CT molecular complexity index is 486. The third-order valence-electron chi connectivity index (χ3n) is 4.93. The lowest BCUT2D eigenvalue weighted by molar-refractivity contribution is 0.0587. The second-order valence-electron chi connectivity index (χ2n) is 6.07. The third kappa shape index (κ3) is 2.50. The molecule has 5 heteroatoms. The van der Waals surface area contributed by atoms with E-state index < -0.39 is 0 Å². The van der Waals surface area contributed by atoms with Gasteiger partial charge in [-0.25, -0.2) is 10.8 Å². The fourth-order valence-electron chi connectivity index (χ4n) is 3.63.